The van der Waals surface area contributed by atoms with E-state index >= 15 is 0 Å². The van der Waals surface area contributed by atoms with Crippen molar-refractivity contribution in [2.45, 2.75) is 19.3 Å². The van der Waals surface area contributed by atoms with E-state index in [9.17, 15) is 4.79 Å². The number of carbonyl (C=O) groups excluding carboxylic acids is 1. The highest BCUT2D eigenvalue weighted by Gasteiger charge is 2.04. The van der Waals surface area contributed by atoms with Crippen LogP contribution in [-0.2, 0) is 4.79 Å². The van der Waals surface area contributed by atoms with Crippen LogP contribution in [0.15, 0.2) is 0 Å². The van der Waals surface area contributed by atoms with Crippen LogP contribution in [0.4, 0.5) is 0 Å². The molecule has 0 aromatic rings. The zero-order valence-corrected chi connectivity index (χ0v) is 8.98. The van der Waals surface area contributed by atoms with E-state index in [0.29, 0.717) is 0 Å². The Labute approximate surface area is 81.4 Å². The minimum absolute atomic E-state index is 0. The largest absolute Gasteiger partial charge is 0.412 e. The molecule has 1 fully saturated rings. The van der Waals surface area contributed by atoms with Gasteiger partial charge in [-0.2, -0.15) is 0 Å². The minimum atomic E-state index is 0. The summed E-state index contributed by atoms with van der Waals surface area (Å²) in [6, 6.07) is 0. The van der Waals surface area contributed by atoms with E-state index in [1.165, 1.54) is 0 Å². The molecular formula is C5H13Br2NO2. The SMILES string of the molecule is Br.Br.O.O=C1CCCCN1. The van der Waals surface area contributed by atoms with Crippen molar-refractivity contribution in [2.75, 3.05) is 6.54 Å². The molecule has 1 aliphatic rings. The van der Waals surface area contributed by atoms with Crippen molar-refractivity contribution in [1.82, 2.24) is 5.32 Å². The standard InChI is InChI=1S/C5H9NO.2BrH.H2O/c7-5-3-1-2-4-6-5;;;/h1-4H2,(H,6,7);2*1H;1H2. The van der Waals surface area contributed by atoms with Crippen molar-refractivity contribution in [3.63, 3.8) is 0 Å². The average molecular weight is 279 g/mol. The van der Waals surface area contributed by atoms with Gasteiger partial charge in [0.2, 0.25) is 5.91 Å². The zero-order chi connectivity index (χ0) is 5.11. The van der Waals surface area contributed by atoms with E-state index in [1.807, 2.05) is 0 Å². The lowest BCUT2D eigenvalue weighted by Gasteiger charge is -2.08. The molecule has 0 aromatic carbocycles. The van der Waals surface area contributed by atoms with Gasteiger partial charge in [0.1, 0.15) is 0 Å². The van der Waals surface area contributed by atoms with E-state index in [-0.39, 0.29) is 45.3 Å². The predicted molar refractivity (Wildman–Crippen MR) is 51.1 cm³/mol. The Balaban J connectivity index is -0.000000163. The maximum atomic E-state index is 10.4. The third-order valence-electron chi connectivity index (χ3n) is 1.15. The molecule has 0 spiro atoms. The molecule has 5 heteroatoms. The van der Waals surface area contributed by atoms with Gasteiger partial charge in [-0.25, -0.2) is 0 Å². The second-order valence-corrected chi connectivity index (χ2v) is 1.81. The quantitative estimate of drug-likeness (QED) is 0.694. The molecule has 0 unspecified atom stereocenters. The normalized spacial score (nSPS) is 15.0. The molecule has 0 aromatic heterocycles. The average Bonchev–Trinajstić information content (AvgIpc) is 1.69. The van der Waals surface area contributed by atoms with Crippen LogP contribution in [0.3, 0.4) is 0 Å². The smallest absolute Gasteiger partial charge is 0.219 e. The summed E-state index contributed by atoms with van der Waals surface area (Å²) >= 11 is 0. The number of halogens is 2. The number of nitrogens with one attached hydrogen (secondary N) is 1. The van der Waals surface area contributed by atoms with Crippen LogP contribution >= 0.6 is 34.0 Å². The van der Waals surface area contributed by atoms with Gasteiger partial charge in [-0.1, -0.05) is 0 Å². The van der Waals surface area contributed by atoms with E-state index in [2.05, 4.69) is 5.32 Å². The van der Waals surface area contributed by atoms with Crippen molar-refractivity contribution in [2.24, 2.45) is 0 Å². The highest BCUT2D eigenvalue weighted by Crippen LogP contribution is 1.98. The fraction of sp³-hybridized carbons (Fsp3) is 0.800. The first kappa shape index (κ1) is 16.8. The molecule has 3 nitrogen and oxygen atoms in total. The molecule has 1 heterocycles. The topological polar surface area (TPSA) is 60.6 Å². The molecule has 0 bridgehead atoms. The minimum Gasteiger partial charge on any atom is -0.412 e. The van der Waals surface area contributed by atoms with Crippen molar-refractivity contribution in [3.8, 4) is 0 Å². The number of carbonyl (C=O) groups is 1. The second-order valence-electron chi connectivity index (χ2n) is 1.81. The summed E-state index contributed by atoms with van der Waals surface area (Å²) < 4.78 is 0. The monoisotopic (exact) mass is 277 g/mol. The van der Waals surface area contributed by atoms with E-state index < -0.39 is 0 Å². The first-order valence-corrected chi connectivity index (χ1v) is 2.66. The molecule has 3 N–H and O–H groups in total. The summed E-state index contributed by atoms with van der Waals surface area (Å²) in [4.78, 5) is 10.4. The van der Waals surface area contributed by atoms with E-state index in [0.717, 1.165) is 25.8 Å². The molecule has 1 saturated heterocycles. The van der Waals surface area contributed by atoms with Crippen molar-refractivity contribution in [3.05, 3.63) is 0 Å². The van der Waals surface area contributed by atoms with Gasteiger partial charge in [0, 0.05) is 13.0 Å². The van der Waals surface area contributed by atoms with Crippen molar-refractivity contribution < 1.29 is 10.3 Å². The predicted octanol–water partition coefficient (Wildman–Crippen LogP) is 0.618. The second kappa shape index (κ2) is 9.39. The van der Waals surface area contributed by atoms with E-state index in [4.69, 9.17) is 0 Å². The molecule has 0 radical (unpaired) electrons. The summed E-state index contributed by atoms with van der Waals surface area (Å²) in [7, 11) is 0. The van der Waals surface area contributed by atoms with Crippen LogP contribution in [0.1, 0.15) is 19.3 Å². The summed E-state index contributed by atoms with van der Waals surface area (Å²) in [6.45, 7) is 0.888. The van der Waals surface area contributed by atoms with Gasteiger partial charge >= 0.3 is 0 Å². The zero-order valence-electron chi connectivity index (χ0n) is 5.55. The Bertz CT molecular complexity index is 81.7. The highest BCUT2D eigenvalue weighted by molar-refractivity contribution is 8.93. The molecule has 10 heavy (non-hydrogen) atoms. The molecule has 1 amide bonds. The maximum Gasteiger partial charge on any atom is 0.219 e. The van der Waals surface area contributed by atoms with Gasteiger partial charge in [0.25, 0.3) is 0 Å². The number of hydrogen-bond donors (Lipinski definition) is 1. The third kappa shape index (κ3) is 6.51. The van der Waals surface area contributed by atoms with Crippen LogP contribution in [0, 0.1) is 0 Å². The molecule has 0 saturated carbocycles. The Kier molecular flexibility index (Phi) is 15.8. The highest BCUT2D eigenvalue weighted by atomic mass is 79.9. The van der Waals surface area contributed by atoms with Gasteiger partial charge < -0.3 is 10.8 Å². The van der Waals surface area contributed by atoms with Gasteiger partial charge in [-0.3, -0.25) is 4.79 Å². The molecule has 0 atom stereocenters. The van der Waals surface area contributed by atoms with E-state index in [1.54, 1.807) is 0 Å². The Morgan fingerprint density at radius 1 is 1.20 bits per heavy atom. The molecule has 64 valence electrons. The maximum absolute atomic E-state index is 10.4. The van der Waals surface area contributed by atoms with Crippen LogP contribution < -0.4 is 5.32 Å². The lowest BCUT2D eigenvalue weighted by molar-refractivity contribution is -0.122. The molecule has 1 rings (SSSR count). The van der Waals surface area contributed by atoms with Crippen LogP contribution in [-0.4, -0.2) is 17.9 Å². The van der Waals surface area contributed by atoms with Crippen molar-refractivity contribution >= 4 is 39.9 Å². The number of rotatable bonds is 0. The fourth-order valence-corrected chi connectivity index (χ4v) is 0.727. The number of piperidine rings is 1. The first-order chi connectivity index (χ1) is 3.39. The summed E-state index contributed by atoms with van der Waals surface area (Å²) in [5.74, 6) is 0.214. The Morgan fingerprint density at radius 3 is 2.00 bits per heavy atom. The Morgan fingerprint density at radius 2 is 1.80 bits per heavy atom. The molecule has 0 aliphatic carbocycles. The van der Waals surface area contributed by atoms with Gasteiger partial charge in [0.05, 0.1) is 0 Å². The lowest BCUT2D eigenvalue weighted by atomic mass is 10.2. The van der Waals surface area contributed by atoms with Gasteiger partial charge in [-0.15, -0.1) is 34.0 Å². The number of amides is 1. The van der Waals surface area contributed by atoms with Gasteiger partial charge in [0.15, 0.2) is 0 Å². The van der Waals surface area contributed by atoms with Crippen LogP contribution in [0.2, 0.25) is 0 Å². The first-order valence-electron chi connectivity index (χ1n) is 2.66. The van der Waals surface area contributed by atoms with Gasteiger partial charge in [-0.05, 0) is 12.8 Å². The van der Waals surface area contributed by atoms with Crippen LogP contribution in [0.5, 0.6) is 0 Å². The molecule has 1 aliphatic heterocycles. The summed E-state index contributed by atoms with van der Waals surface area (Å²) in [6.07, 6.45) is 2.97. The third-order valence-corrected chi connectivity index (χ3v) is 1.15. The lowest BCUT2D eigenvalue weighted by Crippen LogP contribution is -2.28. The fourth-order valence-electron chi connectivity index (χ4n) is 0.727. The van der Waals surface area contributed by atoms with Crippen molar-refractivity contribution in [1.29, 1.82) is 0 Å². The number of hydrogen-bond acceptors (Lipinski definition) is 1. The Hall–Kier alpha value is 0.390. The van der Waals surface area contributed by atoms with Crippen LogP contribution in [0.25, 0.3) is 0 Å². The summed E-state index contributed by atoms with van der Waals surface area (Å²) in [5.41, 5.74) is 0. The summed E-state index contributed by atoms with van der Waals surface area (Å²) in [5, 5.41) is 2.74. The molecular weight excluding hydrogens is 266 g/mol.